The molecule has 0 aromatic heterocycles. The third-order valence-electron chi connectivity index (χ3n) is 2.93. The maximum Gasteiger partial charge on any atom is 0.573 e. The van der Waals surface area contributed by atoms with Crippen LogP contribution < -0.4 is 4.74 Å². The number of hydrogen-bond acceptors (Lipinski definition) is 2. The largest absolute Gasteiger partial charge is 0.573 e. The fourth-order valence-corrected chi connectivity index (χ4v) is 1.90. The smallest absolute Gasteiger partial charge is 0.406 e. The minimum atomic E-state index is -4.71. The Morgan fingerprint density at radius 1 is 1.22 bits per heavy atom. The van der Waals surface area contributed by atoms with E-state index in [2.05, 4.69) is 4.74 Å². The minimum Gasteiger partial charge on any atom is -0.406 e. The summed E-state index contributed by atoms with van der Waals surface area (Å²) < 4.78 is 40.1. The number of aliphatic hydroxyl groups excluding tert-OH is 1. The van der Waals surface area contributed by atoms with Gasteiger partial charge in [-0.15, -0.1) is 13.2 Å². The van der Waals surface area contributed by atoms with Gasteiger partial charge < -0.3 is 9.84 Å². The first-order chi connectivity index (χ1) is 8.37. The lowest BCUT2D eigenvalue weighted by molar-refractivity contribution is -0.274. The Bertz CT molecular complexity index is 373. The average molecular weight is 262 g/mol. The van der Waals surface area contributed by atoms with Crippen molar-refractivity contribution >= 4 is 0 Å². The van der Waals surface area contributed by atoms with Crippen molar-refractivity contribution in [3.8, 4) is 5.75 Å². The summed E-state index contributed by atoms with van der Waals surface area (Å²) in [6.07, 6.45) is -3.94. The summed E-state index contributed by atoms with van der Waals surface area (Å²) >= 11 is 0. The van der Waals surface area contributed by atoms with Gasteiger partial charge in [0.1, 0.15) is 5.75 Å². The first-order valence-electron chi connectivity index (χ1n) is 5.91. The Hall–Kier alpha value is -1.23. The zero-order chi connectivity index (χ0) is 13.8. The number of aliphatic hydroxyl groups is 1. The molecule has 1 aromatic rings. The molecule has 1 N–H and O–H groups in total. The highest BCUT2D eigenvalue weighted by molar-refractivity contribution is 5.30. The monoisotopic (exact) mass is 262 g/mol. The van der Waals surface area contributed by atoms with Gasteiger partial charge in [0.2, 0.25) is 0 Å². The van der Waals surface area contributed by atoms with Gasteiger partial charge in [0, 0.05) is 0 Å². The van der Waals surface area contributed by atoms with Crippen LogP contribution in [0.3, 0.4) is 0 Å². The second kappa shape index (κ2) is 6.09. The number of benzene rings is 1. The molecule has 0 heterocycles. The second-order valence-electron chi connectivity index (χ2n) is 4.14. The maximum absolute atomic E-state index is 12.1. The standard InChI is InChI=1S/C13H17F3O2/c1-3-9(4-2)12(17)10-6-5-7-11(8-10)18-13(14,15)16/h5-9,12,17H,3-4H2,1-2H3. The predicted molar refractivity (Wildman–Crippen MR) is 62.2 cm³/mol. The van der Waals surface area contributed by atoms with Crippen molar-refractivity contribution in [1.82, 2.24) is 0 Å². The van der Waals surface area contributed by atoms with Crippen molar-refractivity contribution in [2.24, 2.45) is 5.92 Å². The van der Waals surface area contributed by atoms with Gasteiger partial charge in [-0.25, -0.2) is 0 Å². The third-order valence-corrected chi connectivity index (χ3v) is 2.93. The normalized spacial score (nSPS) is 13.7. The van der Waals surface area contributed by atoms with E-state index in [1.165, 1.54) is 18.2 Å². The molecule has 0 amide bonds. The van der Waals surface area contributed by atoms with E-state index in [4.69, 9.17) is 0 Å². The molecule has 0 spiro atoms. The lowest BCUT2D eigenvalue weighted by Gasteiger charge is -2.21. The number of halogens is 3. The van der Waals surface area contributed by atoms with Crippen LogP contribution >= 0.6 is 0 Å². The summed E-state index contributed by atoms with van der Waals surface area (Å²) in [5.41, 5.74) is 0.449. The van der Waals surface area contributed by atoms with E-state index < -0.39 is 12.5 Å². The summed E-state index contributed by atoms with van der Waals surface area (Å²) in [6, 6.07) is 5.50. The van der Waals surface area contributed by atoms with Gasteiger partial charge in [0.15, 0.2) is 0 Å². The van der Waals surface area contributed by atoms with E-state index in [1.807, 2.05) is 13.8 Å². The van der Waals surface area contributed by atoms with Crippen LogP contribution in [0.2, 0.25) is 0 Å². The number of alkyl halides is 3. The lowest BCUT2D eigenvalue weighted by atomic mass is 9.91. The maximum atomic E-state index is 12.1. The Labute approximate surface area is 104 Å². The van der Waals surface area contributed by atoms with Crippen LogP contribution in [0.4, 0.5) is 13.2 Å². The van der Waals surface area contributed by atoms with Gasteiger partial charge in [0.25, 0.3) is 0 Å². The van der Waals surface area contributed by atoms with Crippen LogP contribution in [0.15, 0.2) is 24.3 Å². The van der Waals surface area contributed by atoms with E-state index in [-0.39, 0.29) is 11.7 Å². The number of hydrogen-bond donors (Lipinski definition) is 1. The Morgan fingerprint density at radius 3 is 2.33 bits per heavy atom. The van der Waals surface area contributed by atoms with Crippen LogP contribution in [0.25, 0.3) is 0 Å². The van der Waals surface area contributed by atoms with Crippen molar-refractivity contribution in [3.63, 3.8) is 0 Å². The topological polar surface area (TPSA) is 29.5 Å². The quantitative estimate of drug-likeness (QED) is 0.867. The highest BCUT2D eigenvalue weighted by atomic mass is 19.4. The Balaban J connectivity index is 2.87. The average Bonchev–Trinajstić information content (AvgIpc) is 2.28. The van der Waals surface area contributed by atoms with E-state index in [1.54, 1.807) is 6.07 Å². The molecule has 5 heteroatoms. The van der Waals surface area contributed by atoms with Crippen LogP contribution in [0.5, 0.6) is 5.75 Å². The van der Waals surface area contributed by atoms with Crippen LogP contribution in [0, 0.1) is 5.92 Å². The van der Waals surface area contributed by atoms with E-state index in [9.17, 15) is 18.3 Å². The summed E-state index contributed by atoms with van der Waals surface area (Å²) in [5.74, 6) is -0.267. The van der Waals surface area contributed by atoms with Crippen molar-refractivity contribution in [2.75, 3.05) is 0 Å². The van der Waals surface area contributed by atoms with Crippen molar-refractivity contribution in [1.29, 1.82) is 0 Å². The van der Waals surface area contributed by atoms with Gasteiger partial charge in [-0.2, -0.15) is 0 Å². The van der Waals surface area contributed by atoms with E-state index in [0.717, 1.165) is 12.8 Å². The number of ether oxygens (including phenoxy) is 1. The highest BCUT2D eigenvalue weighted by Gasteiger charge is 2.31. The molecule has 1 aromatic carbocycles. The van der Waals surface area contributed by atoms with Crippen molar-refractivity contribution in [3.05, 3.63) is 29.8 Å². The first-order valence-corrected chi connectivity index (χ1v) is 5.91. The zero-order valence-corrected chi connectivity index (χ0v) is 10.4. The van der Waals surface area contributed by atoms with Crippen molar-refractivity contribution < 1.29 is 23.0 Å². The minimum absolute atomic E-state index is 0.0335. The first kappa shape index (κ1) is 14.8. The molecule has 0 radical (unpaired) electrons. The van der Waals surface area contributed by atoms with Gasteiger partial charge >= 0.3 is 6.36 Å². The molecule has 102 valence electrons. The highest BCUT2D eigenvalue weighted by Crippen LogP contribution is 2.30. The molecule has 0 bridgehead atoms. The Morgan fingerprint density at radius 2 is 1.83 bits per heavy atom. The van der Waals surface area contributed by atoms with E-state index >= 15 is 0 Å². The van der Waals surface area contributed by atoms with Gasteiger partial charge in [-0.05, 0) is 23.6 Å². The molecule has 2 nitrogen and oxygen atoms in total. The van der Waals surface area contributed by atoms with Gasteiger partial charge in [0.05, 0.1) is 6.10 Å². The number of rotatable bonds is 5. The van der Waals surface area contributed by atoms with Crippen molar-refractivity contribution in [2.45, 2.75) is 39.2 Å². The molecule has 1 unspecified atom stereocenters. The molecule has 0 aliphatic heterocycles. The summed E-state index contributed by atoms with van der Waals surface area (Å²) in [5, 5.41) is 10.1. The lowest BCUT2D eigenvalue weighted by Crippen LogP contribution is -2.17. The second-order valence-corrected chi connectivity index (χ2v) is 4.14. The summed E-state index contributed by atoms with van der Waals surface area (Å²) in [7, 11) is 0. The molecule has 18 heavy (non-hydrogen) atoms. The Kier molecular flexibility index (Phi) is 5.02. The fraction of sp³-hybridized carbons (Fsp3) is 0.538. The van der Waals surface area contributed by atoms with Gasteiger partial charge in [-0.3, -0.25) is 0 Å². The molecule has 0 saturated heterocycles. The third kappa shape index (κ3) is 4.22. The summed E-state index contributed by atoms with van der Waals surface area (Å²) in [6.45, 7) is 3.88. The van der Waals surface area contributed by atoms with Gasteiger partial charge in [-0.1, -0.05) is 38.8 Å². The molecule has 0 saturated carbocycles. The fourth-order valence-electron chi connectivity index (χ4n) is 1.90. The SMILES string of the molecule is CCC(CC)C(O)c1cccc(OC(F)(F)F)c1. The van der Waals surface area contributed by atoms with Crippen LogP contribution in [-0.2, 0) is 0 Å². The molecule has 0 aliphatic carbocycles. The molecular formula is C13H17F3O2. The molecule has 1 atom stereocenters. The molecule has 0 fully saturated rings. The predicted octanol–water partition coefficient (Wildman–Crippen LogP) is 4.05. The van der Waals surface area contributed by atoms with Crippen LogP contribution in [-0.4, -0.2) is 11.5 Å². The molecule has 0 aliphatic rings. The van der Waals surface area contributed by atoms with Crippen LogP contribution in [0.1, 0.15) is 38.4 Å². The van der Waals surface area contributed by atoms with E-state index in [0.29, 0.717) is 5.56 Å². The summed E-state index contributed by atoms with van der Waals surface area (Å²) in [4.78, 5) is 0. The zero-order valence-electron chi connectivity index (χ0n) is 10.4. The molecular weight excluding hydrogens is 245 g/mol. The molecule has 1 rings (SSSR count).